The summed E-state index contributed by atoms with van der Waals surface area (Å²) in [7, 11) is 2.04. The lowest BCUT2D eigenvalue weighted by molar-refractivity contribution is 0.0625. The van der Waals surface area contributed by atoms with Crippen LogP contribution in [-0.4, -0.2) is 42.7 Å². The van der Waals surface area contributed by atoms with E-state index < -0.39 is 0 Å². The number of pyridine rings is 1. The zero-order valence-corrected chi connectivity index (χ0v) is 13.0. The Balaban J connectivity index is 2.52. The summed E-state index contributed by atoms with van der Waals surface area (Å²) >= 11 is 6.18. The second kappa shape index (κ2) is 8.35. The van der Waals surface area contributed by atoms with Crippen molar-refractivity contribution >= 4 is 17.4 Å². The van der Waals surface area contributed by atoms with Gasteiger partial charge >= 0.3 is 0 Å². The van der Waals surface area contributed by atoms with Crippen LogP contribution in [0.3, 0.4) is 0 Å². The molecule has 0 aromatic carbocycles. The zero-order chi connectivity index (χ0) is 14.3. The standard InChI is InChI=1S/C14H24ClN3O/c1-5-16-14-7-6-12(15)13(17-14)10-18(4)8-9-19-11(2)3/h6-7,11H,5,8-10H2,1-4H3,(H,16,17). The van der Waals surface area contributed by atoms with E-state index in [4.69, 9.17) is 16.3 Å². The fourth-order valence-electron chi connectivity index (χ4n) is 1.65. The minimum atomic E-state index is 0.271. The summed E-state index contributed by atoms with van der Waals surface area (Å²) < 4.78 is 5.54. The van der Waals surface area contributed by atoms with Gasteiger partial charge in [0.1, 0.15) is 5.82 Å². The molecule has 4 nitrogen and oxygen atoms in total. The molecule has 0 aliphatic rings. The summed E-state index contributed by atoms with van der Waals surface area (Å²) in [5.74, 6) is 0.869. The molecule has 0 saturated carbocycles. The number of ether oxygens (including phenoxy) is 1. The van der Waals surface area contributed by atoms with Gasteiger partial charge in [-0.3, -0.25) is 4.90 Å². The number of anilines is 1. The van der Waals surface area contributed by atoms with E-state index >= 15 is 0 Å². The number of halogens is 1. The fourth-order valence-corrected chi connectivity index (χ4v) is 1.82. The highest BCUT2D eigenvalue weighted by Crippen LogP contribution is 2.17. The largest absolute Gasteiger partial charge is 0.377 e. The topological polar surface area (TPSA) is 37.4 Å². The van der Waals surface area contributed by atoms with Crippen molar-refractivity contribution in [2.75, 3.05) is 32.1 Å². The van der Waals surface area contributed by atoms with Crippen LogP contribution in [0.2, 0.25) is 5.02 Å². The van der Waals surface area contributed by atoms with Crippen molar-refractivity contribution in [2.24, 2.45) is 0 Å². The highest BCUT2D eigenvalue weighted by molar-refractivity contribution is 6.31. The van der Waals surface area contributed by atoms with Gasteiger partial charge in [0.2, 0.25) is 0 Å². The summed E-state index contributed by atoms with van der Waals surface area (Å²) in [6.07, 6.45) is 0.271. The zero-order valence-electron chi connectivity index (χ0n) is 12.2. The van der Waals surface area contributed by atoms with E-state index in [9.17, 15) is 0 Å². The van der Waals surface area contributed by atoms with Crippen LogP contribution < -0.4 is 5.32 Å². The average molecular weight is 286 g/mol. The van der Waals surface area contributed by atoms with Gasteiger partial charge in [-0.1, -0.05) is 11.6 Å². The highest BCUT2D eigenvalue weighted by Gasteiger charge is 2.07. The monoisotopic (exact) mass is 285 g/mol. The predicted octanol–water partition coefficient (Wildman–Crippen LogP) is 3.02. The Labute approximate surface area is 121 Å². The predicted molar refractivity (Wildman–Crippen MR) is 80.8 cm³/mol. The molecule has 19 heavy (non-hydrogen) atoms. The van der Waals surface area contributed by atoms with Crippen molar-refractivity contribution in [3.8, 4) is 0 Å². The third-order valence-electron chi connectivity index (χ3n) is 2.62. The van der Waals surface area contributed by atoms with Gasteiger partial charge in [-0.25, -0.2) is 4.98 Å². The maximum atomic E-state index is 6.18. The van der Waals surface area contributed by atoms with E-state index in [0.717, 1.165) is 37.8 Å². The molecule has 0 radical (unpaired) electrons. The van der Waals surface area contributed by atoms with E-state index in [1.807, 2.05) is 40.0 Å². The van der Waals surface area contributed by atoms with E-state index in [1.54, 1.807) is 0 Å². The molecule has 0 fully saturated rings. The van der Waals surface area contributed by atoms with Crippen LogP contribution in [0.25, 0.3) is 0 Å². The Morgan fingerprint density at radius 2 is 2.16 bits per heavy atom. The number of likely N-dealkylation sites (N-methyl/N-ethyl adjacent to an activating group) is 1. The molecule has 0 bridgehead atoms. The van der Waals surface area contributed by atoms with E-state index in [0.29, 0.717) is 5.02 Å². The number of hydrogen-bond acceptors (Lipinski definition) is 4. The summed E-state index contributed by atoms with van der Waals surface area (Å²) in [6, 6.07) is 3.79. The SMILES string of the molecule is CCNc1ccc(Cl)c(CN(C)CCOC(C)C)n1. The Morgan fingerprint density at radius 1 is 1.42 bits per heavy atom. The number of rotatable bonds is 8. The first kappa shape index (κ1) is 16.2. The Hall–Kier alpha value is -0.840. The second-order valence-electron chi connectivity index (χ2n) is 4.81. The van der Waals surface area contributed by atoms with E-state index in [-0.39, 0.29) is 6.10 Å². The molecular weight excluding hydrogens is 262 g/mol. The summed E-state index contributed by atoms with van der Waals surface area (Å²) in [5.41, 5.74) is 0.896. The van der Waals surface area contributed by atoms with Crippen LogP contribution in [0.4, 0.5) is 5.82 Å². The molecule has 0 atom stereocenters. The van der Waals surface area contributed by atoms with Crippen LogP contribution in [0.15, 0.2) is 12.1 Å². The number of hydrogen-bond donors (Lipinski definition) is 1. The molecule has 108 valence electrons. The van der Waals surface area contributed by atoms with Crippen LogP contribution in [0, 0.1) is 0 Å². The lowest BCUT2D eigenvalue weighted by Crippen LogP contribution is -2.24. The van der Waals surface area contributed by atoms with Gasteiger partial charge in [0.05, 0.1) is 23.4 Å². The van der Waals surface area contributed by atoms with Crippen molar-refractivity contribution in [3.05, 3.63) is 22.8 Å². The quantitative estimate of drug-likeness (QED) is 0.797. The van der Waals surface area contributed by atoms with Crippen molar-refractivity contribution in [1.29, 1.82) is 0 Å². The molecule has 1 aromatic rings. The molecule has 1 N–H and O–H groups in total. The summed E-state index contributed by atoms with van der Waals surface area (Å²) in [4.78, 5) is 6.68. The molecule has 0 saturated heterocycles. The van der Waals surface area contributed by atoms with Crippen LogP contribution in [0.5, 0.6) is 0 Å². The summed E-state index contributed by atoms with van der Waals surface area (Å²) in [5, 5.41) is 3.90. The molecule has 1 rings (SSSR count). The van der Waals surface area contributed by atoms with Crippen LogP contribution in [-0.2, 0) is 11.3 Å². The lowest BCUT2D eigenvalue weighted by atomic mass is 10.3. The smallest absolute Gasteiger partial charge is 0.126 e. The van der Waals surface area contributed by atoms with Gasteiger partial charge in [-0.2, -0.15) is 0 Å². The van der Waals surface area contributed by atoms with Gasteiger partial charge in [-0.15, -0.1) is 0 Å². The first-order chi connectivity index (χ1) is 9.02. The van der Waals surface area contributed by atoms with Gasteiger partial charge < -0.3 is 10.1 Å². The van der Waals surface area contributed by atoms with E-state index in [2.05, 4.69) is 15.2 Å². The van der Waals surface area contributed by atoms with Crippen LogP contribution in [0.1, 0.15) is 26.5 Å². The number of aromatic nitrogens is 1. The maximum absolute atomic E-state index is 6.18. The molecule has 5 heteroatoms. The minimum Gasteiger partial charge on any atom is -0.377 e. The minimum absolute atomic E-state index is 0.271. The highest BCUT2D eigenvalue weighted by atomic mass is 35.5. The molecule has 1 heterocycles. The first-order valence-corrected chi connectivity index (χ1v) is 7.10. The molecule has 0 spiro atoms. The van der Waals surface area contributed by atoms with Crippen molar-refractivity contribution in [3.63, 3.8) is 0 Å². The third-order valence-corrected chi connectivity index (χ3v) is 2.96. The number of nitrogens with one attached hydrogen (secondary N) is 1. The van der Waals surface area contributed by atoms with E-state index in [1.165, 1.54) is 0 Å². The Kier molecular flexibility index (Phi) is 7.13. The van der Waals surface area contributed by atoms with Gasteiger partial charge in [0.15, 0.2) is 0 Å². The normalized spacial score (nSPS) is 11.3. The maximum Gasteiger partial charge on any atom is 0.126 e. The molecule has 0 aliphatic heterocycles. The molecule has 0 aliphatic carbocycles. The van der Waals surface area contributed by atoms with Crippen molar-refractivity contribution in [2.45, 2.75) is 33.4 Å². The number of nitrogens with zero attached hydrogens (tertiary/aromatic N) is 2. The van der Waals surface area contributed by atoms with Gasteiger partial charge in [0.25, 0.3) is 0 Å². The molecular formula is C14H24ClN3O. The van der Waals surface area contributed by atoms with Crippen LogP contribution >= 0.6 is 11.6 Å². The fraction of sp³-hybridized carbons (Fsp3) is 0.643. The van der Waals surface area contributed by atoms with Gasteiger partial charge in [-0.05, 0) is 40.0 Å². The third kappa shape index (κ3) is 6.23. The first-order valence-electron chi connectivity index (χ1n) is 6.72. The second-order valence-corrected chi connectivity index (χ2v) is 5.22. The Morgan fingerprint density at radius 3 is 2.79 bits per heavy atom. The van der Waals surface area contributed by atoms with Crippen molar-refractivity contribution in [1.82, 2.24) is 9.88 Å². The summed E-state index contributed by atoms with van der Waals surface area (Å²) in [6.45, 7) is 9.29. The molecule has 0 amide bonds. The lowest BCUT2D eigenvalue weighted by Gasteiger charge is -2.18. The molecule has 0 unspecified atom stereocenters. The molecule has 1 aromatic heterocycles. The average Bonchev–Trinajstić information content (AvgIpc) is 2.33. The van der Waals surface area contributed by atoms with Gasteiger partial charge in [0, 0.05) is 19.6 Å². The van der Waals surface area contributed by atoms with Crippen molar-refractivity contribution < 1.29 is 4.74 Å². The Bertz CT molecular complexity index is 385.